The second-order valence-corrected chi connectivity index (χ2v) is 5.60. The van der Waals surface area contributed by atoms with Crippen LogP contribution in [0, 0.1) is 0 Å². The van der Waals surface area contributed by atoms with E-state index in [1.165, 1.54) is 23.7 Å². The average molecular weight is 341 g/mol. The summed E-state index contributed by atoms with van der Waals surface area (Å²) < 4.78 is 0. The lowest BCUT2D eigenvalue weighted by molar-refractivity contribution is 0.0950. The fourth-order valence-electron chi connectivity index (χ4n) is 1.88. The molecule has 2 N–H and O–H groups in total. The van der Waals surface area contributed by atoms with Gasteiger partial charge in [-0.05, 0) is 6.92 Å². The molecule has 3 aromatic rings. The highest BCUT2D eigenvalue weighted by molar-refractivity contribution is 7.13. The van der Waals surface area contributed by atoms with Gasteiger partial charge in [0, 0.05) is 36.7 Å². The summed E-state index contributed by atoms with van der Waals surface area (Å²) in [5.74, 6) is 0.259. The topological polar surface area (TPSA) is 106 Å². The second kappa shape index (κ2) is 7.55. The number of nitrogens with zero attached hydrogens (tertiary/aromatic N) is 5. The maximum Gasteiger partial charge on any atom is 0.254 e. The predicted octanol–water partition coefficient (Wildman–Crippen LogP) is 1.75. The Morgan fingerprint density at radius 2 is 2.00 bits per heavy atom. The Balaban J connectivity index is 1.59. The van der Waals surface area contributed by atoms with Gasteiger partial charge in [-0.1, -0.05) is 0 Å². The highest BCUT2D eigenvalue weighted by atomic mass is 32.1. The van der Waals surface area contributed by atoms with Gasteiger partial charge in [0.05, 0.1) is 24.0 Å². The molecule has 0 fully saturated rings. The largest absolute Gasteiger partial charge is 0.355 e. The van der Waals surface area contributed by atoms with E-state index in [0.717, 1.165) is 17.2 Å². The molecular weight excluding hydrogens is 326 g/mol. The zero-order valence-electron chi connectivity index (χ0n) is 12.9. The molecule has 0 aliphatic heterocycles. The minimum atomic E-state index is -0.243. The van der Waals surface area contributed by atoms with E-state index in [4.69, 9.17) is 0 Å². The first-order valence-corrected chi connectivity index (χ1v) is 8.19. The Hall–Kier alpha value is -2.94. The van der Waals surface area contributed by atoms with Gasteiger partial charge in [-0.25, -0.2) is 15.0 Å². The number of amides is 1. The quantitative estimate of drug-likeness (QED) is 0.703. The van der Waals surface area contributed by atoms with Crippen molar-refractivity contribution in [3.8, 4) is 10.7 Å². The Morgan fingerprint density at radius 3 is 2.71 bits per heavy atom. The molecule has 0 radical (unpaired) electrons. The molecule has 122 valence electrons. The average Bonchev–Trinajstić information content (AvgIpc) is 3.10. The van der Waals surface area contributed by atoms with Crippen LogP contribution in [0.5, 0.6) is 0 Å². The number of hydrogen-bond donors (Lipinski definition) is 2. The van der Waals surface area contributed by atoms with E-state index in [9.17, 15) is 4.79 Å². The van der Waals surface area contributed by atoms with Gasteiger partial charge in [0.1, 0.15) is 10.7 Å². The monoisotopic (exact) mass is 341 g/mol. The molecule has 0 aliphatic carbocycles. The van der Waals surface area contributed by atoms with E-state index >= 15 is 0 Å². The number of anilines is 1. The Morgan fingerprint density at radius 1 is 1.17 bits per heavy atom. The van der Waals surface area contributed by atoms with Crippen molar-refractivity contribution in [1.29, 1.82) is 0 Å². The van der Waals surface area contributed by atoms with Gasteiger partial charge in [0.2, 0.25) is 5.95 Å². The van der Waals surface area contributed by atoms with E-state index < -0.39 is 0 Å². The van der Waals surface area contributed by atoms with Crippen molar-refractivity contribution in [3.05, 3.63) is 47.6 Å². The summed E-state index contributed by atoms with van der Waals surface area (Å²) in [5, 5.41) is 8.43. The number of carbonyl (C=O) groups is 1. The Bertz CT molecular complexity index is 804. The van der Waals surface area contributed by atoms with E-state index in [1.54, 1.807) is 18.6 Å². The van der Waals surface area contributed by atoms with Crippen molar-refractivity contribution < 1.29 is 4.79 Å². The maximum absolute atomic E-state index is 12.1. The van der Waals surface area contributed by atoms with Crippen molar-refractivity contribution >= 4 is 23.2 Å². The maximum atomic E-state index is 12.1. The fourth-order valence-corrected chi connectivity index (χ4v) is 2.66. The van der Waals surface area contributed by atoms with Crippen molar-refractivity contribution in [3.63, 3.8) is 0 Å². The van der Waals surface area contributed by atoms with Crippen molar-refractivity contribution in [2.75, 3.05) is 11.9 Å². The van der Waals surface area contributed by atoms with Crippen LogP contribution < -0.4 is 10.6 Å². The first-order chi connectivity index (χ1) is 11.8. The Labute approximate surface area is 142 Å². The van der Waals surface area contributed by atoms with Crippen LogP contribution in [0.1, 0.15) is 23.0 Å². The van der Waals surface area contributed by atoms with Crippen LogP contribution in [0.2, 0.25) is 0 Å². The van der Waals surface area contributed by atoms with Crippen molar-refractivity contribution in [2.24, 2.45) is 0 Å². The van der Waals surface area contributed by atoms with E-state index in [-0.39, 0.29) is 5.91 Å². The van der Waals surface area contributed by atoms with E-state index in [0.29, 0.717) is 23.8 Å². The molecule has 0 atom stereocenters. The molecule has 8 nitrogen and oxygen atoms in total. The number of aromatic nitrogens is 5. The van der Waals surface area contributed by atoms with Crippen molar-refractivity contribution in [1.82, 2.24) is 30.2 Å². The highest BCUT2D eigenvalue weighted by Gasteiger charge is 2.10. The molecular formula is C15H15N7OS. The molecule has 3 rings (SSSR count). The minimum Gasteiger partial charge on any atom is -0.355 e. The lowest BCUT2D eigenvalue weighted by atomic mass is 10.3. The summed E-state index contributed by atoms with van der Waals surface area (Å²) >= 11 is 1.46. The molecule has 0 saturated carbocycles. The molecule has 0 bridgehead atoms. The summed E-state index contributed by atoms with van der Waals surface area (Å²) in [7, 11) is 0. The van der Waals surface area contributed by atoms with E-state index in [2.05, 4.69) is 35.6 Å². The number of hydrogen-bond acceptors (Lipinski definition) is 8. The first-order valence-electron chi connectivity index (χ1n) is 7.31. The van der Waals surface area contributed by atoms with Gasteiger partial charge in [-0.2, -0.15) is 0 Å². The molecule has 0 aromatic carbocycles. The smallest absolute Gasteiger partial charge is 0.254 e. The van der Waals surface area contributed by atoms with Crippen LogP contribution in [0.3, 0.4) is 0 Å². The third kappa shape index (κ3) is 3.87. The number of carbonyl (C=O) groups excluding carboxylic acids is 1. The van der Waals surface area contributed by atoms with E-state index in [1.807, 2.05) is 12.3 Å². The van der Waals surface area contributed by atoms with Crippen LogP contribution in [0.4, 0.5) is 5.95 Å². The van der Waals surface area contributed by atoms with Crippen molar-refractivity contribution in [2.45, 2.75) is 13.5 Å². The van der Waals surface area contributed by atoms with Gasteiger partial charge in [0.25, 0.3) is 5.91 Å². The normalized spacial score (nSPS) is 10.4. The molecule has 9 heteroatoms. The predicted molar refractivity (Wildman–Crippen MR) is 90.5 cm³/mol. The van der Waals surface area contributed by atoms with Gasteiger partial charge < -0.3 is 10.6 Å². The minimum absolute atomic E-state index is 0.243. The van der Waals surface area contributed by atoms with Gasteiger partial charge in [-0.3, -0.25) is 14.8 Å². The molecule has 0 spiro atoms. The molecule has 1 amide bonds. The Kier molecular flexibility index (Phi) is 5.02. The number of nitrogens with one attached hydrogen (secondary N) is 2. The SMILES string of the molecule is CCNc1ncc(C(=O)NCc2csc(-c3cnccn3)n2)cn1. The first kappa shape index (κ1) is 15.9. The standard InChI is InChI=1S/C15H15N7OS/c1-2-17-15-20-5-10(6-21-15)13(23)19-7-11-9-24-14(22-11)12-8-16-3-4-18-12/h3-6,8-9H,2,7H2,1H3,(H,19,23)(H,17,20,21). The molecule has 24 heavy (non-hydrogen) atoms. The van der Waals surface area contributed by atoms with Crippen LogP contribution in [0.15, 0.2) is 36.4 Å². The summed E-state index contributed by atoms with van der Waals surface area (Å²) in [6.45, 7) is 3.00. The molecule has 3 heterocycles. The van der Waals surface area contributed by atoms with Crippen LogP contribution in [0.25, 0.3) is 10.7 Å². The van der Waals surface area contributed by atoms with Crippen LogP contribution >= 0.6 is 11.3 Å². The van der Waals surface area contributed by atoms with Gasteiger partial charge in [-0.15, -0.1) is 11.3 Å². The summed E-state index contributed by atoms with van der Waals surface area (Å²) in [5.41, 5.74) is 1.88. The zero-order chi connectivity index (χ0) is 16.8. The molecule has 3 aromatic heterocycles. The zero-order valence-corrected chi connectivity index (χ0v) is 13.7. The van der Waals surface area contributed by atoms with Gasteiger partial charge in [0.15, 0.2) is 0 Å². The summed E-state index contributed by atoms with van der Waals surface area (Å²) in [6, 6.07) is 0. The van der Waals surface area contributed by atoms with Crippen LogP contribution in [-0.2, 0) is 6.54 Å². The molecule has 0 aliphatic rings. The highest BCUT2D eigenvalue weighted by Crippen LogP contribution is 2.20. The fraction of sp³-hybridized carbons (Fsp3) is 0.200. The third-order valence-electron chi connectivity index (χ3n) is 3.01. The van der Waals surface area contributed by atoms with Gasteiger partial charge >= 0.3 is 0 Å². The lowest BCUT2D eigenvalue weighted by Gasteiger charge is -2.04. The summed E-state index contributed by atoms with van der Waals surface area (Å²) in [4.78, 5) is 32.9. The van der Waals surface area contributed by atoms with Crippen LogP contribution in [-0.4, -0.2) is 37.4 Å². The summed E-state index contributed by atoms with van der Waals surface area (Å²) in [6.07, 6.45) is 7.88. The molecule has 0 saturated heterocycles. The third-order valence-corrected chi connectivity index (χ3v) is 3.93. The lowest BCUT2D eigenvalue weighted by Crippen LogP contribution is -2.23. The molecule has 0 unspecified atom stereocenters. The number of rotatable bonds is 6. The number of thiazole rings is 1. The second-order valence-electron chi connectivity index (χ2n) is 4.74.